The Hall–Kier alpha value is 0.620. The zero-order valence-electron chi connectivity index (χ0n) is 5.78. The topological polar surface area (TPSA) is 69.9 Å². The molecule has 4 nitrogen and oxygen atoms in total. The van der Waals surface area contributed by atoms with E-state index in [1.807, 2.05) is 0 Å². The van der Waals surface area contributed by atoms with Gasteiger partial charge in [-0.1, -0.05) is 0 Å². The second kappa shape index (κ2) is 5.29. The molecule has 10 heavy (non-hydrogen) atoms. The molecule has 6 heteroatoms. The van der Waals surface area contributed by atoms with Crippen LogP contribution in [0.15, 0.2) is 0 Å². The van der Waals surface area contributed by atoms with Gasteiger partial charge in [0.05, 0.1) is 0 Å². The predicted molar refractivity (Wildman–Crippen MR) is 43.9 cm³/mol. The molecule has 0 aliphatic rings. The molecule has 0 saturated heterocycles. The van der Waals surface area contributed by atoms with Gasteiger partial charge in [0.15, 0.2) is 0 Å². The SMILES string of the molecule is CS[PH](O)(O)OCCCO. The second-order valence-corrected chi connectivity index (χ2v) is 6.29. The zero-order valence-corrected chi connectivity index (χ0v) is 7.60. The summed E-state index contributed by atoms with van der Waals surface area (Å²) in [7, 11) is -3.41. The van der Waals surface area contributed by atoms with Crippen molar-refractivity contribution >= 4 is 18.5 Å². The van der Waals surface area contributed by atoms with E-state index in [0.717, 1.165) is 11.4 Å². The fraction of sp³-hybridized carbons (Fsp3) is 1.00. The van der Waals surface area contributed by atoms with Crippen LogP contribution in [0.25, 0.3) is 0 Å². The van der Waals surface area contributed by atoms with Crippen molar-refractivity contribution in [2.75, 3.05) is 19.5 Å². The standard InChI is InChI=1S/C4H13O4PS/c1-10-9(6,7)8-4-2-3-5/h5-7,9H,2-4H2,1H3. The van der Waals surface area contributed by atoms with E-state index in [4.69, 9.17) is 14.9 Å². The average Bonchev–Trinajstić information content (AvgIpc) is 1.89. The summed E-state index contributed by atoms with van der Waals surface area (Å²) < 4.78 is 4.67. The molecule has 0 amide bonds. The Morgan fingerprint density at radius 1 is 1.50 bits per heavy atom. The summed E-state index contributed by atoms with van der Waals surface area (Å²) in [5, 5.41) is 8.30. The van der Waals surface area contributed by atoms with Crippen molar-refractivity contribution in [2.45, 2.75) is 6.42 Å². The van der Waals surface area contributed by atoms with Gasteiger partial charge in [-0.3, -0.25) is 0 Å². The number of rotatable bonds is 5. The molecule has 3 N–H and O–H groups in total. The van der Waals surface area contributed by atoms with Crippen LogP contribution in [0.2, 0.25) is 0 Å². The van der Waals surface area contributed by atoms with Crippen LogP contribution in [-0.2, 0) is 4.52 Å². The zero-order chi connectivity index (χ0) is 8.04. The fourth-order valence-electron chi connectivity index (χ4n) is 0.329. The van der Waals surface area contributed by atoms with E-state index >= 15 is 0 Å². The fourth-order valence-corrected chi connectivity index (χ4v) is 1.46. The average molecular weight is 188 g/mol. The first-order valence-corrected chi connectivity index (χ1v) is 6.62. The quantitative estimate of drug-likeness (QED) is 0.423. The Balaban J connectivity index is 3.28. The summed E-state index contributed by atoms with van der Waals surface area (Å²) in [4.78, 5) is 17.8. The van der Waals surface area contributed by atoms with E-state index in [9.17, 15) is 0 Å². The van der Waals surface area contributed by atoms with Gasteiger partial charge >= 0.3 is 63.8 Å². The molecule has 0 aromatic rings. The van der Waals surface area contributed by atoms with Crippen LogP contribution in [0.3, 0.4) is 0 Å². The maximum atomic E-state index is 8.90. The van der Waals surface area contributed by atoms with Crippen molar-refractivity contribution in [3.63, 3.8) is 0 Å². The first kappa shape index (κ1) is 10.6. The molecule has 64 valence electrons. The number of hydrogen-bond donors (Lipinski definition) is 3. The summed E-state index contributed by atoms with van der Waals surface area (Å²) in [6, 6.07) is 0. The Labute approximate surface area is 64.5 Å². The molecule has 0 atom stereocenters. The summed E-state index contributed by atoms with van der Waals surface area (Å²) in [5.74, 6) is 0. The predicted octanol–water partition coefficient (Wildman–Crippen LogP) is 0.143. The molecule has 0 spiro atoms. The van der Waals surface area contributed by atoms with Crippen molar-refractivity contribution < 1.29 is 19.4 Å². The van der Waals surface area contributed by atoms with Gasteiger partial charge in [-0.05, 0) is 0 Å². The van der Waals surface area contributed by atoms with Gasteiger partial charge in [-0.2, -0.15) is 0 Å². The first-order valence-electron chi connectivity index (χ1n) is 2.87. The van der Waals surface area contributed by atoms with E-state index in [0.29, 0.717) is 6.42 Å². The first-order chi connectivity index (χ1) is 4.62. The van der Waals surface area contributed by atoms with Gasteiger partial charge in [0.2, 0.25) is 0 Å². The third kappa shape index (κ3) is 5.41. The Morgan fingerprint density at radius 3 is 2.50 bits per heavy atom. The third-order valence-corrected chi connectivity index (χ3v) is 3.92. The molecular weight excluding hydrogens is 175 g/mol. The van der Waals surface area contributed by atoms with Crippen molar-refractivity contribution in [2.24, 2.45) is 0 Å². The van der Waals surface area contributed by atoms with Crippen molar-refractivity contribution in [1.82, 2.24) is 0 Å². The van der Waals surface area contributed by atoms with E-state index in [-0.39, 0.29) is 13.2 Å². The minimum absolute atomic E-state index is 0.0128. The van der Waals surface area contributed by atoms with E-state index in [1.54, 1.807) is 6.26 Å². The van der Waals surface area contributed by atoms with Crippen LogP contribution >= 0.6 is 18.5 Å². The van der Waals surface area contributed by atoms with Crippen LogP contribution < -0.4 is 0 Å². The molecule has 0 fully saturated rings. The van der Waals surface area contributed by atoms with E-state index in [1.165, 1.54) is 0 Å². The third-order valence-electron chi connectivity index (χ3n) is 0.858. The molecule has 0 aromatic heterocycles. The van der Waals surface area contributed by atoms with Crippen molar-refractivity contribution in [3.8, 4) is 0 Å². The summed E-state index contributed by atoms with van der Waals surface area (Å²) >= 11 is 0.924. The van der Waals surface area contributed by atoms with Crippen LogP contribution in [0.4, 0.5) is 0 Å². The molecule has 0 aromatic carbocycles. The molecule has 0 heterocycles. The van der Waals surface area contributed by atoms with Crippen LogP contribution in [-0.4, -0.2) is 34.4 Å². The Morgan fingerprint density at radius 2 is 2.10 bits per heavy atom. The monoisotopic (exact) mass is 188 g/mol. The van der Waals surface area contributed by atoms with E-state index < -0.39 is 7.15 Å². The van der Waals surface area contributed by atoms with Gasteiger partial charge in [-0.25, -0.2) is 0 Å². The minimum atomic E-state index is -3.41. The van der Waals surface area contributed by atoms with Crippen LogP contribution in [0.1, 0.15) is 6.42 Å². The molecule has 0 radical (unpaired) electrons. The van der Waals surface area contributed by atoms with Gasteiger partial charge in [-0.15, -0.1) is 0 Å². The summed E-state index contributed by atoms with van der Waals surface area (Å²) in [6.45, 7) is 0.218. The maximum absolute atomic E-state index is 8.90. The molecule has 0 bridgehead atoms. The molecular formula is C4H13O4PS. The van der Waals surface area contributed by atoms with E-state index in [2.05, 4.69) is 4.52 Å². The van der Waals surface area contributed by atoms with Gasteiger partial charge < -0.3 is 0 Å². The molecule has 0 saturated carbocycles. The van der Waals surface area contributed by atoms with Crippen LogP contribution in [0.5, 0.6) is 0 Å². The number of aliphatic hydroxyl groups is 1. The Bertz CT molecular complexity index is 89.3. The van der Waals surface area contributed by atoms with Gasteiger partial charge in [0.1, 0.15) is 0 Å². The molecule has 0 aliphatic heterocycles. The number of hydrogen-bond acceptors (Lipinski definition) is 5. The van der Waals surface area contributed by atoms with Gasteiger partial charge in [0.25, 0.3) is 0 Å². The molecule has 0 rings (SSSR count). The molecule has 0 unspecified atom stereocenters. The summed E-state index contributed by atoms with van der Waals surface area (Å²) in [5.41, 5.74) is 0. The van der Waals surface area contributed by atoms with Crippen molar-refractivity contribution in [1.29, 1.82) is 0 Å². The van der Waals surface area contributed by atoms with Crippen molar-refractivity contribution in [3.05, 3.63) is 0 Å². The normalized spacial score (nSPS) is 13.6. The van der Waals surface area contributed by atoms with Crippen LogP contribution in [0, 0.1) is 0 Å². The summed E-state index contributed by atoms with van der Waals surface area (Å²) in [6.07, 6.45) is 2.02. The second-order valence-electron chi connectivity index (χ2n) is 1.68. The Kier molecular flexibility index (Phi) is 5.62. The molecule has 0 aliphatic carbocycles. The van der Waals surface area contributed by atoms with Gasteiger partial charge in [0, 0.05) is 0 Å². The number of aliphatic hydroxyl groups excluding tert-OH is 1.